The van der Waals surface area contributed by atoms with Gasteiger partial charge in [-0.25, -0.2) is 4.39 Å². The lowest BCUT2D eigenvalue weighted by atomic mass is 10.3. The first kappa shape index (κ1) is 5.15. The van der Waals surface area contributed by atoms with Crippen molar-refractivity contribution < 1.29 is 4.39 Å². The Kier molecular flexibility index (Phi) is 1.20. The highest BCUT2D eigenvalue weighted by molar-refractivity contribution is 5.04. The summed E-state index contributed by atoms with van der Waals surface area (Å²) < 4.78 is 12.2. The molecule has 0 bridgehead atoms. The highest BCUT2D eigenvalue weighted by Crippen LogP contribution is 1.97. The molecular weight excluding hydrogens is 107 g/mol. The van der Waals surface area contributed by atoms with Gasteiger partial charge in [-0.2, -0.15) is 10.2 Å². The molecule has 0 aromatic carbocycles. The van der Waals surface area contributed by atoms with Gasteiger partial charge in [-0.15, -0.1) is 0 Å². The van der Waals surface area contributed by atoms with Crippen molar-refractivity contribution in [3.05, 3.63) is 23.8 Å². The molecule has 0 saturated carbocycles. The topological polar surface area (TPSA) is 25.8 Å². The van der Waals surface area contributed by atoms with Crippen LogP contribution in [0.1, 0.15) is 5.56 Å². The molecule has 0 unspecified atom stereocenters. The maximum atomic E-state index is 12.2. The van der Waals surface area contributed by atoms with Crippen molar-refractivity contribution >= 4 is 0 Å². The van der Waals surface area contributed by atoms with Crippen LogP contribution in [-0.4, -0.2) is 10.2 Å². The summed E-state index contributed by atoms with van der Waals surface area (Å²) in [4.78, 5) is 0. The van der Waals surface area contributed by atoms with Crippen LogP contribution in [0.2, 0.25) is 0 Å². The number of aromatic nitrogens is 2. The van der Waals surface area contributed by atoms with Crippen LogP contribution in [-0.2, 0) is 0 Å². The Morgan fingerprint density at radius 1 is 1.38 bits per heavy atom. The Bertz CT molecular complexity index is 167. The minimum Gasteiger partial charge on any atom is -0.205 e. The summed E-state index contributed by atoms with van der Waals surface area (Å²) in [5, 5.41) is 6.78. The van der Waals surface area contributed by atoms with Gasteiger partial charge in [-0.1, -0.05) is 0 Å². The third-order valence-electron chi connectivity index (χ3n) is 0.866. The quantitative estimate of drug-likeness (QED) is 0.498. The molecule has 42 valence electrons. The summed E-state index contributed by atoms with van der Waals surface area (Å²) in [6.07, 6.45) is 2.48. The Morgan fingerprint density at radius 2 is 2.00 bits per heavy atom. The fourth-order valence-corrected chi connectivity index (χ4v) is 0.367. The van der Waals surface area contributed by atoms with Crippen LogP contribution in [0, 0.1) is 12.7 Å². The van der Waals surface area contributed by atoms with E-state index in [1.807, 2.05) is 0 Å². The molecule has 8 heavy (non-hydrogen) atoms. The second-order valence-electron chi connectivity index (χ2n) is 1.52. The van der Waals surface area contributed by atoms with E-state index < -0.39 is 0 Å². The molecule has 0 amide bonds. The van der Waals surface area contributed by atoms with E-state index in [1.165, 1.54) is 6.20 Å². The number of halogens is 1. The van der Waals surface area contributed by atoms with Crippen LogP contribution in [0.5, 0.6) is 0 Å². The van der Waals surface area contributed by atoms with E-state index in [0.29, 0.717) is 5.56 Å². The molecule has 0 N–H and O–H groups in total. The molecule has 3 heteroatoms. The van der Waals surface area contributed by atoms with Crippen molar-refractivity contribution in [1.82, 2.24) is 10.2 Å². The molecule has 0 aliphatic heterocycles. The van der Waals surface area contributed by atoms with E-state index in [-0.39, 0.29) is 5.82 Å². The maximum absolute atomic E-state index is 12.2. The SMILES string of the molecule is Cc1cnncc1F. The summed E-state index contributed by atoms with van der Waals surface area (Å²) in [6.45, 7) is 1.64. The van der Waals surface area contributed by atoms with Gasteiger partial charge in [0.25, 0.3) is 0 Å². The second kappa shape index (κ2) is 1.86. The third kappa shape index (κ3) is 0.804. The summed E-state index contributed by atoms with van der Waals surface area (Å²) in [5.74, 6) is -0.306. The molecule has 1 heterocycles. The van der Waals surface area contributed by atoms with Gasteiger partial charge in [-0.05, 0) is 6.92 Å². The van der Waals surface area contributed by atoms with E-state index >= 15 is 0 Å². The monoisotopic (exact) mass is 112 g/mol. The van der Waals surface area contributed by atoms with Crippen LogP contribution in [0.15, 0.2) is 12.4 Å². The standard InChI is InChI=1S/C5H5FN2/c1-4-2-7-8-3-5(4)6/h2-3H,1H3. The molecule has 1 aromatic heterocycles. The maximum Gasteiger partial charge on any atom is 0.147 e. The van der Waals surface area contributed by atoms with Crippen molar-refractivity contribution in [3.63, 3.8) is 0 Å². The Morgan fingerprint density at radius 3 is 2.38 bits per heavy atom. The van der Waals surface area contributed by atoms with Gasteiger partial charge in [0.2, 0.25) is 0 Å². The smallest absolute Gasteiger partial charge is 0.147 e. The van der Waals surface area contributed by atoms with Crippen LogP contribution >= 0.6 is 0 Å². The van der Waals surface area contributed by atoms with Gasteiger partial charge < -0.3 is 0 Å². The van der Waals surface area contributed by atoms with Gasteiger partial charge in [0.1, 0.15) is 5.82 Å². The van der Waals surface area contributed by atoms with Gasteiger partial charge in [0, 0.05) is 5.56 Å². The minimum absolute atomic E-state index is 0.306. The molecule has 1 aromatic rings. The van der Waals surface area contributed by atoms with Gasteiger partial charge in [0.05, 0.1) is 12.4 Å². The zero-order valence-corrected chi connectivity index (χ0v) is 4.43. The number of hydrogen-bond acceptors (Lipinski definition) is 2. The predicted octanol–water partition coefficient (Wildman–Crippen LogP) is 0.924. The first-order chi connectivity index (χ1) is 3.80. The second-order valence-corrected chi connectivity index (χ2v) is 1.52. The van der Waals surface area contributed by atoms with Crippen molar-refractivity contribution in [2.45, 2.75) is 6.92 Å². The number of hydrogen-bond donors (Lipinski definition) is 0. The van der Waals surface area contributed by atoms with E-state index in [1.54, 1.807) is 6.92 Å². The fraction of sp³-hybridized carbons (Fsp3) is 0.200. The lowest BCUT2D eigenvalue weighted by Gasteiger charge is -1.87. The molecule has 0 saturated heterocycles. The molecule has 0 atom stereocenters. The minimum atomic E-state index is -0.306. The van der Waals surface area contributed by atoms with Gasteiger partial charge >= 0.3 is 0 Å². The van der Waals surface area contributed by atoms with Crippen LogP contribution < -0.4 is 0 Å². The largest absolute Gasteiger partial charge is 0.205 e. The van der Waals surface area contributed by atoms with E-state index in [9.17, 15) is 4.39 Å². The molecule has 1 rings (SSSR count). The summed E-state index contributed by atoms with van der Waals surface area (Å²) >= 11 is 0. The molecule has 0 spiro atoms. The molecule has 2 nitrogen and oxygen atoms in total. The molecule has 0 fully saturated rings. The van der Waals surface area contributed by atoms with Crippen molar-refractivity contribution in [2.24, 2.45) is 0 Å². The van der Waals surface area contributed by atoms with E-state index in [2.05, 4.69) is 10.2 Å². The number of aryl methyl sites for hydroxylation is 1. The third-order valence-corrected chi connectivity index (χ3v) is 0.866. The highest BCUT2D eigenvalue weighted by Gasteiger charge is 1.91. The summed E-state index contributed by atoms with van der Waals surface area (Å²) in [5.41, 5.74) is 0.528. The van der Waals surface area contributed by atoms with E-state index in [4.69, 9.17) is 0 Å². The fourth-order valence-electron chi connectivity index (χ4n) is 0.367. The molecular formula is C5H5FN2. The summed E-state index contributed by atoms with van der Waals surface area (Å²) in [6, 6.07) is 0. The lowest BCUT2D eigenvalue weighted by Crippen LogP contribution is -1.85. The Labute approximate surface area is 46.4 Å². The first-order valence-corrected chi connectivity index (χ1v) is 2.23. The Hall–Kier alpha value is -0.990. The van der Waals surface area contributed by atoms with Crippen molar-refractivity contribution in [3.8, 4) is 0 Å². The average molecular weight is 112 g/mol. The molecule has 0 aliphatic carbocycles. The lowest BCUT2D eigenvalue weighted by molar-refractivity contribution is 0.605. The predicted molar refractivity (Wildman–Crippen MR) is 26.7 cm³/mol. The summed E-state index contributed by atoms with van der Waals surface area (Å²) in [7, 11) is 0. The molecule has 0 radical (unpaired) electrons. The van der Waals surface area contributed by atoms with Crippen LogP contribution in [0.25, 0.3) is 0 Å². The zero-order valence-electron chi connectivity index (χ0n) is 4.43. The normalized spacial score (nSPS) is 9.25. The van der Waals surface area contributed by atoms with Crippen molar-refractivity contribution in [2.75, 3.05) is 0 Å². The number of rotatable bonds is 0. The van der Waals surface area contributed by atoms with E-state index in [0.717, 1.165) is 6.20 Å². The van der Waals surface area contributed by atoms with Gasteiger partial charge in [-0.3, -0.25) is 0 Å². The highest BCUT2D eigenvalue weighted by atomic mass is 19.1. The van der Waals surface area contributed by atoms with Crippen molar-refractivity contribution in [1.29, 1.82) is 0 Å². The van der Waals surface area contributed by atoms with Gasteiger partial charge in [0.15, 0.2) is 0 Å². The zero-order chi connectivity index (χ0) is 5.98. The molecule has 0 aliphatic rings. The Balaban J connectivity index is 3.13. The first-order valence-electron chi connectivity index (χ1n) is 2.23. The van der Waals surface area contributed by atoms with Crippen LogP contribution in [0.4, 0.5) is 4.39 Å². The van der Waals surface area contributed by atoms with Crippen LogP contribution in [0.3, 0.4) is 0 Å². The average Bonchev–Trinajstić information content (AvgIpc) is 1.77. The number of nitrogens with zero attached hydrogens (tertiary/aromatic N) is 2.